The van der Waals surface area contributed by atoms with Gasteiger partial charge in [0.1, 0.15) is 0 Å². The van der Waals surface area contributed by atoms with Crippen molar-refractivity contribution in [2.24, 2.45) is 0 Å². The van der Waals surface area contributed by atoms with Crippen molar-refractivity contribution >= 4 is 10.9 Å². The van der Waals surface area contributed by atoms with E-state index in [0.717, 1.165) is 25.0 Å². The lowest BCUT2D eigenvalue weighted by atomic mass is 9.99. The molecular formula is C10H11N3. The average Bonchev–Trinajstić information content (AvgIpc) is 2.61. The first-order valence-electron chi connectivity index (χ1n) is 4.59. The number of aromatic amines is 1. The molecule has 13 heavy (non-hydrogen) atoms. The van der Waals surface area contributed by atoms with Crippen LogP contribution in [0.2, 0.25) is 0 Å². The summed E-state index contributed by atoms with van der Waals surface area (Å²) in [4.78, 5) is 0. The molecule has 3 rings (SSSR count). The van der Waals surface area contributed by atoms with Gasteiger partial charge < -0.3 is 5.32 Å². The number of aromatic nitrogens is 2. The van der Waals surface area contributed by atoms with E-state index in [-0.39, 0.29) is 0 Å². The van der Waals surface area contributed by atoms with Gasteiger partial charge in [-0.25, -0.2) is 0 Å². The predicted molar refractivity (Wildman–Crippen MR) is 51.5 cm³/mol. The minimum atomic E-state index is 0.990. The van der Waals surface area contributed by atoms with Gasteiger partial charge in [-0.3, -0.25) is 5.10 Å². The zero-order valence-electron chi connectivity index (χ0n) is 7.30. The van der Waals surface area contributed by atoms with Gasteiger partial charge in [0.25, 0.3) is 0 Å². The Morgan fingerprint density at radius 1 is 1.23 bits per heavy atom. The van der Waals surface area contributed by atoms with Crippen molar-refractivity contribution in [2.45, 2.75) is 13.0 Å². The number of benzene rings is 1. The topological polar surface area (TPSA) is 40.7 Å². The van der Waals surface area contributed by atoms with Crippen LogP contribution in [0.15, 0.2) is 18.3 Å². The average molecular weight is 173 g/mol. The highest BCUT2D eigenvalue weighted by molar-refractivity contribution is 5.79. The van der Waals surface area contributed by atoms with Crippen LogP contribution in [0.4, 0.5) is 0 Å². The molecule has 0 saturated heterocycles. The number of nitrogens with one attached hydrogen (secondary N) is 2. The second-order valence-electron chi connectivity index (χ2n) is 3.50. The van der Waals surface area contributed by atoms with E-state index in [1.54, 1.807) is 0 Å². The summed E-state index contributed by atoms with van der Waals surface area (Å²) in [5.74, 6) is 0. The van der Waals surface area contributed by atoms with E-state index in [9.17, 15) is 0 Å². The maximum atomic E-state index is 4.03. The molecule has 2 heterocycles. The van der Waals surface area contributed by atoms with E-state index in [2.05, 4.69) is 27.6 Å². The molecule has 0 spiro atoms. The first kappa shape index (κ1) is 7.09. The molecule has 0 amide bonds. The summed E-state index contributed by atoms with van der Waals surface area (Å²) >= 11 is 0. The lowest BCUT2D eigenvalue weighted by Gasteiger charge is -2.16. The molecule has 0 fully saturated rings. The van der Waals surface area contributed by atoms with E-state index >= 15 is 0 Å². The first-order chi connectivity index (χ1) is 6.43. The third-order valence-electron chi connectivity index (χ3n) is 2.65. The molecule has 1 aliphatic heterocycles. The second-order valence-corrected chi connectivity index (χ2v) is 3.50. The normalized spacial score (nSPS) is 16.0. The maximum absolute atomic E-state index is 4.03. The van der Waals surface area contributed by atoms with E-state index < -0.39 is 0 Å². The zero-order chi connectivity index (χ0) is 8.67. The summed E-state index contributed by atoms with van der Waals surface area (Å²) in [7, 11) is 0. The second kappa shape index (κ2) is 2.57. The van der Waals surface area contributed by atoms with Crippen molar-refractivity contribution in [3.63, 3.8) is 0 Å². The molecule has 1 aromatic carbocycles. The van der Waals surface area contributed by atoms with Gasteiger partial charge >= 0.3 is 0 Å². The highest BCUT2D eigenvalue weighted by Crippen LogP contribution is 2.20. The quantitative estimate of drug-likeness (QED) is 0.628. The Morgan fingerprint density at radius 3 is 3.23 bits per heavy atom. The molecular weight excluding hydrogens is 162 g/mol. The number of hydrogen-bond donors (Lipinski definition) is 2. The molecule has 0 unspecified atom stereocenters. The molecule has 1 aromatic heterocycles. The van der Waals surface area contributed by atoms with Gasteiger partial charge in [-0.2, -0.15) is 5.10 Å². The fraction of sp³-hybridized carbons (Fsp3) is 0.300. The van der Waals surface area contributed by atoms with Crippen LogP contribution in [0.3, 0.4) is 0 Å². The number of hydrogen-bond acceptors (Lipinski definition) is 2. The van der Waals surface area contributed by atoms with Crippen LogP contribution in [0.25, 0.3) is 10.9 Å². The van der Waals surface area contributed by atoms with Gasteiger partial charge in [0, 0.05) is 11.9 Å². The molecule has 0 aliphatic carbocycles. The fourth-order valence-corrected chi connectivity index (χ4v) is 1.93. The minimum Gasteiger partial charge on any atom is -0.312 e. The lowest BCUT2D eigenvalue weighted by molar-refractivity contribution is 0.645. The molecule has 1 aliphatic rings. The van der Waals surface area contributed by atoms with Gasteiger partial charge in [0.2, 0.25) is 0 Å². The lowest BCUT2D eigenvalue weighted by Crippen LogP contribution is -2.23. The van der Waals surface area contributed by atoms with E-state index in [0.29, 0.717) is 0 Å². The Morgan fingerprint density at radius 2 is 2.23 bits per heavy atom. The molecule has 0 bridgehead atoms. The summed E-state index contributed by atoms with van der Waals surface area (Å²) in [6, 6.07) is 4.44. The summed E-state index contributed by atoms with van der Waals surface area (Å²) in [5.41, 5.74) is 4.01. The van der Waals surface area contributed by atoms with Gasteiger partial charge in [0.15, 0.2) is 0 Å². The minimum absolute atomic E-state index is 0.990. The van der Waals surface area contributed by atoms with Crippen molar-refractivity contribution in [3.8, 4) is 0 Å². The molecule has 0 saturated carbocycles. The van der Waals surface area contributed by atoms with E-state index in [1.165, 1.54) is 16.5 Å². The van der Waals surface area contributed by atoms with Gasteiger partial charge in [0.05, 0.1) is 11.7 Å². The molecule has 0 radical (unpaired) electrons. The molecule has 3 nitrogen and oxygen atoms in total. The van der Waals surface area contributed by atoms with Crippen molar-refractivity contribution < 1.29 is 0 Å². The Kier molecular flexibility index (Phi) is 1.40. The summed E-state index contributed by atoms with van der Waals surface area (Å²) in [6.45, 7) is 2.08. The van der Waals surface area contributed by atoms with Gasteiger partial charge in [-0.05, 0) is 36.2 Å². The van der Waals surface area contributed by atoms with Crippen molar-refractivity contribution in [1.29, 1.82) is 0 Å². The largest absolute Gasteiger partial charge is 0.312 e. The highest BCUT2D eigenvalue weighted by atomic mass is 15.1. The zero-order valence-corrected chi connectivity index (χ0v) is 7.30. The smallest absolute Gasteiger partial charge is 0.0653 e. The number of H-pyrrole nitrogens is 1. The summed E-state index contributed by atoms with van der Waals surface area (Å²) in [6.07, 6.45) is 3.02. The molecule has 2 aromatic rings. The molecule has 2 N–H and O–H groups in total. The highest BCUT2D eigenvalue weighted by Gasteiger charge is 2.09. The van der Waals surface area contributed by atoms with Crippen LogP contribution in [0.5, 0.6) is 0 Å². The summed E-state index contributed by atoms with van der Waals surface area (Å²) < 4.78 is 0. The predicted octanol–water partition coefficient (Wildman–Crippen LogP) is 1.21. The number of fused-ring (bicyclic) bond motifs is 2. The van der Waals surface area contributed by atoms with Gasteiger partial charge in [-0.1, -0.05) is 0 Å². The van der Waals surface area contributed by atoms with Crippen molar-refractivity contribution in [1.82, 2.24) is 15.5 Å². The standard InChI is InChI=1S/C10H11N3/c1-2-11-5-8-4-10-9(3-7(1)8)6-12-13-10/h3-4,6,11H,1-2,5H2,(H,12,13). The van der Waals surface area contributed by atoms with Crippen LogP contribution in [-0.4, -0.2) is 16.7 Å². The number of rotatable bonds is 0. The maximum Gasteiger partial charge on any atom is 0.0653 e. The van der Waals surface area contributed by atoms with E-state index in [4.69, 9.17) is 0 Å². The fourth-order valence-electron chi connectivity index (χ4n) is 1.93. The Bertz CT molecular complexity index is 404. The molecule has 3 heteroatoms. The van der Waals surface area contributed by atoms with Crippen LogP contribution in [0, 0.1) is 0 Å². The SMILES string of the molecule is c1n[nH]c2cc3c(cc12)CCNC3. The Labute approximate surface area is 76.1 Å². The first-order valence-corrected chi connectivity index (χ1v) is 4.59. The summed E-state index contributed by atoms with van der Waals surface area (Å²) in [5, 5.41) is 11.6. The van der Waals surface area contributed by atoms with Crippen LogP contribution >= 0.6 is 0 Å². The van der Waals surface area contributed by atoms with Crippen LogP contribution in [-0.2, 0) is 13.0 Å². The molecule has 0 atom stereocenters. The van der Waals surface area contributed by atoms with Crippen LogP contribution < -0.4 is 5.32 Å². The Balaban J connectivity index is 2.28. The van der Waals surface area contributed by atoms with E-state index in [1.807, 2.05) is 6.20 Å². The Hall–Kier alpha value is -1.35. The monoisotopic (exact) mass is 173 g/mol. The van der Waals surface area contributed by atoms with Crippen molar-refractivity contribution in [2.75, 3.05) is 6.54 Å². The van der Waals surface area contributed by atoms with Crippen molar-refractivity contribution in [3.05, 3.63) is 29.5 Å². The van der Waals surface area contributed by atoms with Crippen LogP contribution in [0.1, 0.15) is 11.1 Å². The molecule has 66 valence electrons. The third kappa shape index (κ3) is 1.04. The van der Waals surface area contributed by atoms with Gasteiger partial charge in [-0.15, -0.1) is 0 Å². The third-order valence-corrected chi connectivity index (χ3v) is 2.65. The number of nitrogens with zero attached hydrogens (tertiary/aromatic N) is 1.